The Balaban J connectivity index is 1.87. The smallest absolute Gasteiger partial charge is 0.123 e. The molecule has 0 saturated heterocycles. The van der Waals surface area contributed by atoms with Gasteiger partial charge in [-0.1, -0.05) is 37.3 Å². The summed E-state index contributed by atoms with van der Waals surface area (Å²) >= 11 is 0. The van der Waals surface area contributed by atoms with E-state index in [2.05, 4.69) is 41.8 Å². The van der Waals surface area contributed by atoms with Crippen molar-refractivity contribution in [1.82, 2.24) is 10.6 Å². The number of halogens is 1. The van der Waals surface area contributed by atoms with Crippen molar-refractivity contribution < 1.29 is 4.39 Å². The van der Waals surface area contributed by atoms with Gasteiger partial charge in [-0.2, -0.15) is 0 Å². The Morgan fingerprint density at radius 3 is 2.77 bits per heavy atom. The number of likely N-dealkylation sites (N-methyl/N-ethyl adjacent to an activating group) is 1. The van der Waals surface area contributed by atoms with E-state index in [1.54, 1.807) is 6.07 Å². The minimum atomic E-state index is -0.139. The van der Waals surface area contributed by atoms with Crippen LogP contribution in [0.15, 0.2) is 42.5 Å². The predicted molar refractivity (Wildman–Crippen MR) is 107 cm³/mol. The van der Waals surface area contributed by atoms with Crippen molar-refractivity contribution >= 4 is 0 Å². The van der Waals surface area contributed by atoms with E-state index in [-0.39, 0.29) is 5.82 Å². The molecule has 2 atom stereocenters. The maximum atomic E-state index is 13.7. The van der Waals surface area contributed by atoms with Crippen LogP contribution >= 0.6 is 0 Å². The van der Waals surface area contributed by atoms with Crippen LogP contribution in [0.3, 0.4) is 0 Å². The molecular weight excluding hydrogens is 323 g/mol. The molecule has 0 bridgehead atoms. The lowest BCUT2D eigenvalue weighted by atomic mass is 9.75. The molecule has 2 unspecified atom stereocenters. The van der Waals surface area contributed by atoms with E-state index >= 15 is 0 Å². The highest BCUT2D eigenvalue weighted by Crippen LogP contribution is 2.35. The lowest BCUT2D eigenvalue weighted by Gasteiger charge is -2.35. The van der Waals surface area contributed by atoms with E-state index in [0.29, 0.717) is 12.0 Å². The minimum absolute atomic E-state index is 0.139. The Morgan fingerprint density at radius 1 is 1.12 bits per heavy atom. The van der Waals surface area contributed by atoms with Gasteiger partial charge >= 0.3 is 0 Å². The molecule has 140 valence electrons. The molecule has 2 N–H and O–H groups in total. The number of benzene rings is 2. The average molecular weight is 355 g/mol. The fourth-order valence-corrected chi connectivity index (χ4v) is 4.25. The molecular formula is C23H31FN2. The Labute approximate surface area is 157 Å². The van der Waals surface area contributed by atoms with Crippen molar-refractivity contribution in [2.75, 3.05) is 20.1 Å². The van der Waals surface area contributed by atoms with Crippen LogP contribution in [0.5, 0.6) is 0 Å². The van der Waals surface area contributed by atoms with Gasteiger partial charge in [-0.25, -0.2) is 4.39 Å². The van der Waals surface area contributed by atoms with Gasteiger partial charge in [-0.05, 0) is 86.6 Å². The first-order valence-electron chi connectivity index (χ1n) is 9.95. The quantitative estimate of drug-likeness (QED) is 0.693. The maximum Gasteiger partial charge on any atom is 0.123 e. The fraction of sp³-hybridized carbons (Fsp3) is 0.478. The van der Waals surface area contributed by atoms with Gasteiger partial charge in [0.05, 0.1) is 0 Å². The minimum Gasteiger partial charge on any atom is -0.320 e. The van der Waals surface area contributed by atoms with E-state index in [1.807, 2.05) is 13.1 Å². The van der Waals surface area contributed by atoms with Gasteiger partial charge in [0.15, 0.2) is 0 Å². The summed E-state index contributed by atoms with van der Waals surface area (Å²) in [4.78, 5) is 0. The van der Waals surface area contributed by atoms with Crippen LogP contribution in [0.4, 0.5) is 4.39 Å². The van der Waals surface area contributed by atoms with E-state index < -0.39 is 0 Å². The van der Waals surface area contributed by atoms with Crippen molar-refractivity contribution in [3.8, 4) is 0 Å². The normalized spacial score (nSPS) is 19.3. The predicted octanol–water partition coefficient (Wildman–Crippen LogP) is 4.23. The van der Waals surface area contributed by atoms with Gasteiger partial charge in [-0.15, -0.1) is 0 Å². The molecule has 0 heterocycles. The molecule has 1 aliphatic rings. The molecule has 1 aliphatic carbocycles. The number of aryl methyl sites for hydroxylation is 2. The zero-order valence-corrected chi connectivity index (χ0v) is 16.0. The Bertz CT molecular complexity index is 713. The van der Waals surface area contributed by atoms with Crippen LogP contribution in [0.2, 0.25) is 0 Å². The monoisotopic (exact) mass is 354 g/mol. The molecule has 3 rings (SSSR count). The van der Waals surface area contributed by atoms with E-state index in [9.17, 15) is 4.39 Å². The summed E-state index contributed by atoms with van der Waals surface area (Å²) in [7, 11) is 2.00. The van der Waals surface area contributed by atoms with Crippen LogP contribution in [-0.2, 0) is 19.3 Å². The standard InChI is InChI=1S/C23H31FN2/c1-3-26-23-12-11-19-10-9-17(7-5-13-25-2)15-21(19)22(23)16-18-6-4-8-20(24)14-18/h4,6,8-10,14-15,22-23,25-26H,3,5,7,11-13,16H2,1-2H3. The first-order valence-corrected chi connectivity index (χ1v) is 9.95. The SMILES string of the molecule is CCNC1CCc2ccc(CCCNC)cc2C1Cc1cccc(F)c1. The molecule has 0 spiro atoms. The van der Waals surface area contributed by atoms with Crippen molar-refractivity contribution in [3.05, 3.63) is 70.5 Å². The van der Waals surface area contributed by atoms with Crippen molar-refractivity contribution in [2.45, 2.75) is 51.0 Å². The summed E-state index contributed by atoms with van der Waals surface area (Å²) in [6, 6.07) is 14.6. The van der Waals surface area contributed by atoms with Crippen molar-refractivity contribution in [1.29, 1.82) is 0 Å². The second-order valence-electron chi connectivity index (χ2n) is 7.38. The van der Waals surface area contributed by atoms with Crippen molar-refractivity contribution in [2.24, 2.45) is 0 Å². The van der Waals surface area contributed by atoms with Gasteiger partial charge in [-0.3, -0.25) is 0 Å². The second kappa shape index (κ2) is 9.29. The highest BCUT2D eigenvalue weighted by Gasteiger charge is 2.29. The van der Waals surface area contributed by atoms with Gasteiger partial charge in [0.25, 0.3) is 0 Å². The number of rotatable bonds is 8. The summed E-state index contributed by atoms with van der Waals surface area (Å²) in [6.07, 6.45) is 5.43. The third-order valence-corrected chi connectivity index (χ3v) is 5.52. The average Bonchev–Trinajstić information content (AvgIpc) is 2.64. The summed E-state index contributed by atoms with van der Waals surface area (Å²) in [5.41, 5.74) is 5.44. The Morgan fingerprint density at radius 2 is 2.00 bits per heavy atom. The molecule has 0 aliphatic heterocycles. The highest BCUT2D eigenvalue weighted by atomic mass is 19.1. The molecule has 26 heavy (non-hydrogen) atoms. The molecule has 0 aromatic heterocycles. The van der Waals surface area contributed by atoms with Gasteiger partial charge in [0.1, 0.15) is 5.82 Å². The van der Waals surface area contributed by atoms with E-state index in [1.165, 1.54) is 22.8 Å². The molecule has 2 aromatic rings. The fourth-order valence-electron chi connectivity index (χ4n) is 4.25. The third-order valence-electron chi connectivity index (χ3n) is 5.52. The largest absolute Gasteiger partial charge is 0.320 e. The number of hydrogen-bond acceptors (Lipinski definition) is 2. The third kappa shape index (κ3) is 4.72. The molecule has 0 amide bonds. The van der Waals surface area contributed by atoms with Crippen LogP contribution < -0.4 is 10.6 Å². The van der Waals surface area contributed by atoms with Gasteiger partial charge in [0.2, 0.25) is 0 Å². The zero-order chi connectivity index (χ0) is 18.4. The van der Waals surface area contributed by atoms with E-state index in [4.69, 9.17) is 0 Å². The molecule has 0 fully saturated rings. The first kappa shape index (κ1) is 19.1. The Hall–Kier alpha value is -1.71. The lowest BCUT2D eigenvalue weighted by molar-refractivity contribution is 0.391. The van der Waals surface area contributed by atoms with Crippen LogP contribution in [-0.4, -0.2) is 26.2 Å². The number of nitrogens with one attached hydrogen (secondary N) is 2. The Kier molecular flexibility index (Phi) is 6.81. The van der Waals surface area contributed by atoms with Crippen LogP contribution in [0, 0.1) is 5.82 Å². The number of fused-ring (bicyclic) bond motifs is 1. The molecule has 0 saturated carbocycles. The molecule has 3 heteroatoms. The number of hydrogen-bond donors (Lipinski definition) is 2. The highest BCUT2D eigenvalue weighted by molar-refractivity contribution is 5.39. The molecule has 0 radical (unpaired) electrons. The summed E-state index contributed by atoms with van der Waals surface area (Å²) < 4.78 is 13.7. The maximum absolute atomic E-state index is 13.7. The summed E-state index contributed by atoms with van der Waals surface area (Å²) in [5, 5.41) is 6.90. The zero-order valence-electron chi connectivity index (χ0n) is 16.0. The van der Waals surface area contributed by atoms with Gasteiger partial charge < -0.3 is 10.6 Å². The van der Waals surface area contributed by atoms with Crippen LogP contribution in [0.25, 0.3) is 0 Å². The topological polar surface area (TPSA) is 24.1 Å². The summed E-state index contributed by atoms with van der Waals surface area (Å²) in [5.74, 6) is 0.268. The first-order chi connectivity index (χ1) is 12.7. The lowest BCUT2D eigenvalue weighted by Crippen LogP contribution is -2.39. The van der Waals surface area contributed by atoms with Crippen LogP contribution in [0.1, 0.15) is 47.9 Å². The van der Waals surface area contributed by atoms with Gasteiger partial charge in [0, 0.05) is 12.0 Å². The van der Waals surface area contributed by atoms with Crippen molar-refractivity contribution in [3.63, 3.8) is 0 Å². The van der Waals surface area contributed by atoms with E-state index in [0.717, 1.165) is 50.8 Å². The second-order valence-corrected chi connectivity index (χ2v) is 7.38. The molecule has 2 aromatic carbocycles. The molecule has 2 nitrogen and oxygen atoms in total. The summed E-state index contributed by atoms with van der Waals surface area (Å²) in [6.45, 7) is 4.19.